The molecule has 0 aliphatic carbocycles. The number of pyridine rings is 1. The van der Waals surface area contributed by atoms with Gasteiger partial charge in [-0.2, -0.15) is 13.2 Å². The summed E-state index contributed by atoms with van der Waals surface area (Å²) >= 11 is 7.86. The van der Waals surface area contributed by atoms with Gasteiger partial charge in [-0.1, -0.05) is 11.6 Å². The van der Waals surface area contributed by atoms with Gasteiger partial charge in [-0.15, -0.1) is 0 Å². The van der Waals surface area contributed by atoms with Crippen LogP contribution in [0, 0.1) is 0 Å². The van der Waals surface area contributed by atoms with E-state index in [0.717, 1.165) is 0 Å². The highest BCUT2D eigenvalue weighted by Gasteiger charge is 2.37. The van der Waals surface area contributed by atoms with Crippen LogP contribution >= 0.6 is 27.5 Å². The first-order valence-electron chi connectivity index (χ1n) is 3.44. The van der Waals surface area contributed by atoms with Crippen molar-refractivity contribution >= 4 is 27.5 Å². The van der Waals surface area contributed by atoms with Gasteiger partial charge in [0.1, 0.15) is 9.76 Å². The Morgan fingerprint density at radius 2 is 1.87 bits per heavy atom. The van der Waals surface area contributed by atoms with Crippen LogP contribution in [-0.4, -0.2) is 4.98 Å². The number of aromatic nitrogens is 1. The van der Waals surface area contributed by atoms with Crippen molar-refractivity contribution in [1.82, 2.24) is 4.98 Å². The average Bonchev–Trinajstić information content (AvgIpc) is 1.99. The molecule has 1 aromatic heterocycles. The van der Waals surface area contributed by atoms with Crippen molar-refractivity contribution in [3.63, 3.8) is 0 Å². The minimum absolute atomic E-state index is 0.246. The lowest BCUT2D eigenvalue weighted by Gasteiger charge is -2.13. The smallest absolute Gasteiger partial charge is 0.229 e. The molecule has 0 bridgehead atoms. The number of halogens is 7. The molecule has 0 unspecified atom stereocenters. The summed E-state index contributed by atoms with van der Waals surface area (Å²) in [5, 5.41) is -0.855. The fourth-order valence-corrected chi connectivity index (χ4v) is 1.72. The molecule has 0 atom stereocenters. The van der Waals surface area contributed by atoms with E-state index < -0.39 is 28.9 Å². The largest absolute Gasteiger partial charge is 0.417 e. The van der Waals surface area contributed by atoms with Gasteiger partial charge in [0.25, 0.3) is 6.43 Å². The predicted molar refractivity (Wildman–Crippen MR) is 46.9 cm³/mol. The third-order valence-corrected chi connectivity index (χ3v) is 2.20. The molecule has 84 valence electrons. The lowest BCUT2D eigenvalue weighted by molar-refractivity contribution is -0.139. The van der Waals surface area contributed by atoms with Crippen LogP contribution < -0.4 is 0 Å². The zero-order chi connectivity index (χ0) is 11.8. The number of hydrogen-bond donors (Lipinski definition) is 0. The van der Waals surface area contributed by atoms with Crippen LogP contribution in [0.4, 0.5) is 22.0 Å². The molecule has 1 rings (SSSR count). The maximum Gasteiger partial charge on any atom is 0.417 e. The van der Waals surface area contributed by atoms with Crippen LogP contribution in [-0.2, 0) is 6.18 Å². The summed E-state index contributed by atoms with van der Waals surface area (Å²) in [5.41, 5.74) is -2.78. The second kappa shape index (κ2) is 4.21. The predicted octanol–water partition coefficient (Wildman–Crippen LogP) is 4.45. The Hall–Kier alpha value is -0.430. The molecular formula is C7H2BrClF5N. The summed E-state index contributed by atoms with van der Waals surface area (Å²) in [6.45, 7) is 0. The van der Waals surface area contributed by atoms with Crippen molar-refractivity contribution in [2.45, 2.75) is 12.6 Å². The minimum Gasteiger partial charge on any atom is -0.229 e. The molecule has 15 heavy (non-hydrogen) atoms. The Bertz CT molecular complexity index is 378. The molecule has 0 aliphatic heterocycles. The normalized spacial score (nSPS) is 12.3. The first-order chi connectivity index (χ1) is 6.73. The fourth-order valence-electron chi connectivity index (χ4n) is 0.936. The third kappa shape index (κ3) is 2.78. The van der Waals surface area contributed by atoms with Crippen molar-refractivity contribution in [2.75, 3.05) is 0 Å². The highest BCUT2D eigenvalue weighted by molar-refractivity contribution is 9.10. The Kier molecular flexibility index (Phi) is 3.55. The Labute approximate surface area is 94.4 Å². The van der Waals surface area contributed by atoms with Gasteiger partial charge in [0, 0.05) is 0 Å². The molecule has 0 aromatic carbocycles. The number of alkyl halides is 5. The van der Waals surface area contributed by atoms with Crippen molar-refractivity contribution in [3.8, 4) is 0 Å². The Balaban J connectivity index is 3.47. The first-order valence-corrected chi connectivity index (χ1v) is 4.62. The number of nitrogens with zero attached hydrogens (tertiary/aromatic N) is 1. The van der Waals surface area contributed by atoms with Crippen LogP contribution in [0.1, 0.15) is 17.6 Å². The van der Waals surface area contributed by atoms with Crippen molar-refractivity contribution in [3.05, 3.63) is 26.9 Å². The van der Waals surface area contributed by atoms with Crippen molar-refractivity contribution < 1.29 is 22.0 Å². The summed E-state index contributed by atoms with van der Waals surface area (Å²) in [5.74, 6) is 0. The van der Waals surface area contributed by atoms with Gasteiger partial charge in [0.05, 0.1) is 11.1 Å². The quantitative estimate of drug-likeness (QED) is 0.551. The molecular weight excluding hydrogens is 308 g/mol. The van der Waals surface area contributed by atoms with Gasteiger partial charge in [0.15, 0.2) is 0 Å². The van der Waals surface area contributed by atoms with Gasteiger partial charge in [0.2, 0.25) is 0 Å². The van der Waals surface area contributed by atoms with Crippen LogP contribution in [0.25, 0.3) is 0 Å². The summed E-state index contributed by atoms with van der Waals surface area (Å²) < 4.78 is 61.4. The van der Waals surface area contributed by atoms with Gasteiger partial charge in [-0.25, -0.2) is 13.8 Å². The lowest BCUT2D eigenvalue weighted by Crippen LogP contribution is -2.11. The van der Waals surface area contributed by atoms with E-state index in [4.69, 9.17) is 11.6 Å². The van der Waals surface area contributed by atoms with Gasteiger partial charge in [-0.05, 0) is 22.0 Å². The second-order valence-electron chi connectivity index (χ2n) is 2.50. The van der Waals surface area contributed by atoms with Gasteiger partial charge >= 0.3 is 6.18 Å². The van der Waals surface area contributed by atoms with E-state index in [0.29, 0.717) is 6.07 Å². The molecule has 1 heterocycles. The van der Waals surface area contributed by atoms with Crippen LogP contribution in [0.15, 0.2) is 10.7 Å². The molecule has 1 aromatic rings. The van der Waals surface area contributed by atoms with E-state index in [9.17, 15) is 22.0 Å². The van der Waals surface area contributed by atoms with Crippen molar-refractivity contribution in [1.29, 1.82) is 0 Å². The highest BCUT2D eigenvalue weighted by atomic mass is 79.9. The Morgan fingerprint density at radius 1 is 1.33 bits per heavy atom. The third-order valence-electron chi connectivity index (χ3n) is 1.50. The summed E-state index contributed by atoms with van der Waals surface area (Å²) in [6.07, 6.45) is -8.21. The lowest BCUT2D eigenvalue weighted by atomic mass is 10.1. The zero-order valence-corrected chi connectivity index (χ0v) is 9.09. The highest BCUT2D eigenvalue weighted by Crippen LogP contribution is 2.40. The van der Waals surface area contributed by atoms with Gasteiger partial charge in [-0.3, -0.25) is 0 Å². The average molecular weight is 310 g/mol. The van der Waals surface area contributed by atoms with E-state index >= 15 is 0 Å². The number of hydrogen-bond acceptors (Lipinski definition) is 1. The standard InChI is InChI=1S/C7H2BrClF5N/c8-3-1-2(7(12,13)14)4(6(10)11)5(9)15-3/h1,6H. The molecule has 0 radical (unpaired) electrons. The zero-order valence-electron chi connectivity index (χ0n) is 6.75. The first kappa shape index (κ1) is 12.6. The molecule has 0 saturated carbocycles. The SMILES string of the molecule is FC(F)c1c(C(F)(F)F)cc(Br)nc1Cl. The van der Waals surface area contributed by atoms with E-state index in [-0.39, 0.29) is 4.60 Å². The fraction of sp³-hybridized carbons (Fsp3) is 0.286. The molecule has 0 spiro atoms. The maximum absolute atomic E-state index is 12.3. The monoisotopic (exact) mass is 309 g/mol. The summed E-state index contributed by atoms with van der Waals surface area (Å²) in [6, 6.07) is 0.466. The van der Waals surface area contributed by atoms with Crippen LogP contribution in [0.5, 0.6) is 0 Å². The minimum atomic E-state index is -4.89. The molecule has 0 aliphatic rings. The van der Waals surface area contributed by atoms with Crippen molar-refractivity contribution in [2.24, 2.45) is 0 Å². The maximum atomic E-state index is 12.3. The molecule has 0 amide bonds. The molecule has 0 saturated heterocycles. The van der Waals surface area contributed by atoms with E-state index in [1.807, 2.05) is 0 Å². The molecule has 1 nitrogen and oxygen atoms in total. The number of rotatable bonds is 1. The topological polar surface area (TPSA) is 12.9 Å². The summed E-state index contributed by atoms with van der Waals surface area (Å²) in [7, 11) is 0. The van der Waals surface area contributed by atoms with Gasteiger partial charge < -0.3 is 0 Å². The van der Waals surface area contributed by atoms with Crippen LogP contribution in [0.2, 0.25) is 5.15 Å². The summed E-state index contributed by atoms with van der Waals surface area (Å²) in [4.78, 5) is 3.27. The van der Waals surface area contributed by atoms with E-state index in [1.54, 1.807) is 0 Å². The van der Waals surface area contributed by atoms with E-state index in [1.165, 1.54) is 0 Å². The van der Waals surface area contributed by atoms with E-state index in [2.05, 4.69) is 20.9 Å². The Morgan fingerprint density at radius 3 is 2.27 bits per heavy atom. The molecule has 0 fully saturated rings. The molecule has 8 heteroatoms. The van der Waals surface area contributed by atoms with Crippen LogP contribution in [0.3, 0.4) is 0 Å². The second-order valence-corrected chi connectivity index (χ2v) is 3.67. The molecule has 0 N–H and O–H groups in total.